The minimum Gasteiger partial charge on any atom is -0.478 e. The Kier molecular flexibility index (Phi) is 5.28. The Balaban J connectivity index is 2.69. The van der Waals surface area contributed by atoms with Crippen molar-refractivity contribution in [3.8, 4) is 11.1 Å². The van der Waals surface area contributed by atoms with Crippen molar-refractivity contribution in [2.24, 2.45) is 0 Å². The van der Waals surface area contributed by atoms with Crippen molar-refractivity contribution in [1.82, 2.24) is 4.98 Å². The van der Waals surface area contributed by atoms with Crippen LogP contribution in [0.4, 0.5) is 10.2 Å². The molecule has 0 aliphatic carbocycles. The smallest absolute Gasteiger partial charge is 0.340 e. The van der Waals surface area contributed by atoms with E-state index in [1.165, 1.54) is 12.1 Å². The van der Waals surface area contributed by atoms with E-state index in [1.807, 2.05) is 6.92 Å². The monoisotopic (exact) mass is 318 g/mol. The quantitative estimate of drug-likeness (QED) is 0.856. The first-order valence-electron chi connectivity index (χ1n) is 7.34. The second kappa shape index (κ2) is 7.19. The molecule has 0 saturated heterocycles. The highest BCUT2D eigenvalue weighted by molar-refractivity contribution is 6.01. The Morgan fingerprint density at radius 3 is 2.48 bits per heavy atom. The summed E-state index contributed by atoms with van der Waals surface area (Å²) in [6, 6.07) is 7.35. The van der Waals surface area contributed by atoms with E-state index in [1.54, 1.807) is 30.0 Å². The number of nitrogens with zero attached hydrogens (tertiary/aromatic N) is 2. The van der Waals surface area contributed by atoms with Gasteiger partial charge in [-0.2, -0.15) is 0 Å². The summed E-state index contributed by atoms with van der Waals surface area (Å²) < 4.78 is 13.1. The molecular weight excluding hydrogens is 299 g/mol. The lowest BCUT2D eigenvalue weighted by molar-refractivity contribution is 0.0698. The fraction of sp³-hybridized carbons (Fsp3) is 0.294. The number of aromatic nitrogens is 1. The van der Waals surface area contributed by atoms with E-state index in [9.17, 15) is 19.4 Å². The van der Waals surface area contributed by atoms with E-state index in [4.69, 9.17) is 0 Å². The summed E-state index contributed by atoms with van der Waals surface area (Å²) in [7, 11) is 0. The molecule has 0 aliphatic heterocycles. The van der Waals surface area contributed by atoms with Gasteiger partial charge in [0.15, 0.2) is 0 Å². The highest BCUT2D eigenvalue weighted by atomic mass is 19.1. The van der Waals surface area contributed by atoms with Crippen molar-refractivity contribution in [3.63, 3.8) is 0 Å². The van der Waals surface area contributed by atoms with Gasteiger partial charge in [0.1, 0.15) is 17.2 Å². The molecule has 0 spiro atoms. The molecule has 0 fully saturated rings. The van der Waals surface area contributed by atoms with Gasteiger partial charge in [-0.25, -0.2) is 14.2 Å². The predicted molar refractivity (Wildman–Crippen MR) is 86.3 cm³/mol. The second-order valence-electron chi connectivity index (χ2n) is 5.13. The molecule has 6 heteroatoms. The Bertz CT molecular complexity index is 702. The lowest BCUT2D eigenvalue weighted by atomic mass is 9.99. The molecule has 1 aromatic carbocycles. The minimum atomic E-state index is -1.11. The molecule has 0 amide bonds. The van der Waals surface area contributed by atoms with Crippen LogP contribution in [0.2, 0.25) is 0 Å². The van der Waals surface area contributed by atoms with Gasteiger partial charge in [0.25, 0.3) is 0 Å². The summed E-state index contributed by atoms with van der Waals surface area (Å²) in [6.45, 7) is 4.34. The average molecular weight is 318 g/mol. The predicted octanol–water partition coefficient (Wildman–Crippen LogP) is 2.71. The Morgan fingerprint density at radius 2 is 1.96 bits per heavy atom. The molecule has 23 heavy (non-hydrogen) atoms. The van der Waals surface area contributed by atoms with Crippen molar-refractivity contribution in [2.75, 3.05) is 24.6 Å². The molecule has 1 heterocycles. The molecule has 0 aliphatic rings. The second-order valence-corrected chi connectivity index (χ2v) is 5.13. The first kappa shape index (κ1) is 16.9. The summed E-state index contributed by atoms with van der Waals surface area (Å²) in [5.41, 5.74) is 1.80. The lowest BCUT2D eigenvalue weighted by Gasteiger charge is -2.24. The average Bonchev–Trinajstić information content (AvgIpc) is 2.52. The molecule has 1 aromatic heterocycles. The number of halogens is 1. The van der Waals surface area contributed by atoms with Crippen LogP contribution in [0.25, 0.3) is 11.1 Å². The van der Waals surface area contributed by atoms with Crippen molar-refractivity contribution in [2.45, 2.75) is 13.8 Å². The van der Waals surface area contributed by atoms with Gasteiger partial charge in [0.05, 0.1) is 6.61 Å². The van der Waals surface area contributed by atoms with E-state index in [-0.39, 0.29) is 24.5 Å². The van der Waals surface area contributed by atoms with Gasteiger partial charge in [-0.05, 0) is 37.6 Å². The molecule has 0 bridgehead atoms. The zero-order chi connectivity index (χ0) is 17.0. The molecule has 5 nitrogen and oxygen atoms in total. The first-order valence-corrected chi connectivity index (χ1v) is 7.34. The Morgan fingerprint density at radius 1 is 1.30 bits per heavy atom. The minimum absolute atomic E-state index is 0.0532. The maximum absolute atomic E-state index is 13.1. The van der Waals surface area contributed by atoms with Gasteiger partial charge in [0.2, 0.25) is 0 Å². The Labute approximate surface area is 134 Å². The number of pyridine rings is 1. The number of rotatable bonds is 6. The zero-order valence-corrected chi connectivity index (χ0v) is 13.1. The zero-order valence-electron chi connectivity index (χ0n) is 13.1. The topological polar surface area (TPSA) is 73.7 Å². The van der Waals surface area contributed by atoms with Crippen LogP contribution in [0.1, 0.15) is 23.0 Å². The van der Waals surface area contributed by atoms with Crippen LogP contribution < -0.4 is 4.90 Å². The highest BCUT2D eigenvalue weighted by Gasteiger charge is 2.22. The number of carboxylic acid groups (broad SMARTS) is 1. The first-order chi connectivity index (χ1) is 11.0. The molecule has 2 rings (SSSR count). The van der Waals surface area contributed by atoms with Gasteiger partial charge >= 0.3 is 5.97 Å². The van der Waals surface area contributed by atoms with Crippen molar-refractivity contribution in [3.05, 3.63) is 47.4 Å². The van der Waals surface area contributed by atoms with Gasteiger partial charge < -0.3 is 15.1 Å². The number of hydrogen-bond donors (Lipinski definition) is 2. The van der Waals surface area contributed by atoms with E-state index in [2.05, 4.69) is 4.98 Å². The number of likely N-dealkylation sites (N-methyl/N-ethyl adjacent to an activating group) is 1. The molecule has 2 N–H and O–H groups in total. The normalized spacial score (nSPS) is 10.6. The van der Waals surface area contributed by atoms with E-state index in [0.29, 0.717) is 29.2 Å². The number of aryl methyl sites for hydroxylation is 1. The molecule has 0 unspecified atom stereocenters. The standard InChI is InChI=1S/C17H19FN2O3/c1-3-20(8-9-21)16-15(17(22)23)14(10-11(2)19-16)12-4-6-13(18)7-5-12/h4-7,10,21H,3,8-9H2,1-2H3,(H,22,23). The van der Waals surface area contributed by atoms with Crippen LogP contribution >= 0.6 is 0 Å². The van der Waals surface area contributed by atoms with Gasteiger partial charge in [-0.3, -0.25) is 0 Å². The van der Waals surface area contributed by atoms with Crippen molar-refractivity contribution >= 4 is 11.8 Å². The number of carbonyl (C=O) groups is 1. The molecular formula is C17H19FN2O3. The number of carboxylic acids is 1. The molecule has 0 atom stereocenters. The van der Waals surface area contributed by atoms with Crippen LogP contribution in [0.15, 0.2) is 30.3 Å². The molecule has 0 saturated carbocycles. The van der Waals surface area contributed by atoms with Crippen LogP contribution in [0, 0.1) is 12.7 Å². The van der Waals surface area contributed by atoms with E-state index < -0.39 is 5.97 Å². The number of aromatic carboxylic acids is 1. The van der Waals surface area contributed by atoms with Crippen LogP contribution in [0.3, 0.4) is 0 Å². The molecule has 122 valence electrons. The van der Waals surface area contributed by atoms with Gasteiger partial charge in [-0.1, -0.05) is 12.1 Å². The van der Waals surface area contributed by atoms with Crippen molar-refractivity contribution in [1.29, 1.82) is 0 Å². The van der Waals surface area contributed by atoms with Crippen LogP contribution in [-0.4, -0.2) is 40.9 Å². The fourth-order valence-corrected chi connectivity index (χ4v) is 2.49. The van der Waals surface area contributed by atoms with Gasteiger partial charge in [-0.15, -0.1) is 0 Å². The fourth-order valence-electron chi connectivity index (χ4n) is 2.49. The largest absolute Gasteiger partial charge is 0.478 e. The number of anilines is 1. The van der Waals surface area contributed by atoms with Crippen molar-refractivity contribution < 1.29 is 19.4 Å². The number of benzene rings is 1. The number of hydrogen-bond acceptors (Lipinski definition) is 4. The third-order valence-electron chi connectivity index (χ3n) is 3.55. The highest BCUT2D eigenvalue weighted by Crippen LogP contribution is 2.31. The van der Waals surface area contributed by atoms with E-state index >= 15 is 0 Å². The van der Waals surface area contributed by atoms with Crippen LogP contribution in [0.5, 0.6) is 0 Å². The molecule has 0 radical (unpaired) electrons. The summed E-state index contributed by atoms with van der Waals surface area (Å²) in [5.74, 6) is -1.18. The summed E-state index contributed by atoms with van der Waals surface area (Å²) in [4.78, 5) is 17.9. The summed E-state index contributed by atoms with van der Waals surface area (Å²) in [6.07, 6.45) is 0. The maximum atomic E-state index is 13.1. The third-order valence-corrected chi connectivity index (χ3v) is 3.55. The van der Waals surface area contributed by atoms with Gasteiger partial charge in [0, 0.05) is 24.3 Å². The van der Waals surface area contributed by atoms with E-state index in [0.717, 1.165) is 0 Å². The van der Waals surface area contributed by atoms with Crippen LogP contribution in [-0.2, 0) is 0 Å². The third kappa shape index (κ3) is 3.65. The summed E-state index contributed by atoms with van der Waals surface area (Å²) >= 11 is 0. The number of aliphatic hydroxyl groups is 1. The summed E-state index contributed by atoms with van der Waals surface area (Å²) in [5, 5.41) is 18.8. The number of aliphatic hydroxyl groups excluding tert-OH is 1. The Hall–Kier alpha value is -2.47. The lowest BCUT2D eigenvalue weighted by Crippen LogP contribution is -2.29. The maximum Gasteiger partial charge on any atom is 0.340 e. The SMILES string of the molecule is CCN(CCO)c1nc(C)cc(-c2ccc(F)cc2)c1C(=O)O. The molecule has 2 aromatic rings.